The lowest BCUT2D eigenvalue weighted by Crippen LogP contribution is -2.14. The van der Waals surface area contributed by atoms with E-state index in [0.29, 0.717) is 16.4 Å². The van der Waals surface area contributed by atoms with Crippen molar-refractivity contribution in [1.82, 2.24) is 4.98 Å². The Hall–Kier alpha value is -2.07. The van der Waals surface area contributed by atoms with Crippen molar-refractivity contribution >= 4 is 28.9 Å². The third-order valence-corrected chi connectivity index (χ3v) is 3.30. The van der Waals surface area contributed by atoms with Gasteiger partial charge in [0.1, 0.15) is 5.69 Å². The highest BCUT2D eigenvalue weighted by Crippen LogP contribution is 2.21. The molecule has 0 aliphatic rings. The molecule has 0 atom stereocenters. The number of rotatable bonds is 6. The van der Waals surface area contributed by atoms with Gasteiger partial charge >= 0.3 is 0 Å². The minimum absolute atomic E-state index is 0.276. The van der Waals surface area contributed by atoms with Crippen LogP contribution in [0.25, 0.3) is 0 Å². The molecule has 2 aromatic rings. The summed E-state index contributed by atoms with van der Waals surface area (Å²) in [5.74, 6) is -0.276. The van der Waals surface area contributed by atoms with E-state index >= 15 is 0 Å². The fourth-order valence-corrected chi connectivity index (χ4v) is 2.01. The molecule has 0 saturated carbocycles. The Balaban J connectivity index is 2.05. The van der Waals surface area contributed by atoms with Gasteiger partial charge in [-0.25, -0.2) is 0 Å². The molecule has 21 heavy (non-hydrogen) atoms. The minimum atomic E-state index is -0.276. The van der Waals surface area contributed by atoms with Crippen molar-refractivity contribution in [2.75, 3.05) is 17.2 Å². The molecule has 0 fully saturated rings. The lowest BCUT2D eigenvalue weighted by atomic mass is 10.2. The minimum Gasteiger partial charge on any atom is -0.385 e. The van der Waals surface area contributed by atoms with E-state index in [9.17, 15) is 4.79 Å². The van der Waals surface area contributed by atoms with Crippen molar-refractivity contribution in [1.29, 1.82) is 0 Å². The molecule has 0 unspecified atom stereocenters. The summed E-state index contributed by atoms with van der Waals surface area (Å²) in [4.78, 5) is 16.3. The molecule has 0 radical (unpaired) electrons. The molecule has 5 heteroatoms. The first kappa shape index (κ1) is 15.3. The summed E-state index contributed by atoms with van der Waals surface area (Å²) in [6.07, 6.45) is 3.83. The number of para-hydroxylation sites is 1. The normalized spacial score (nSPS) is 10.2. The number of carbonyl (C=O) groups excluding carboxylic acids is 1. The van der Waals surface area contributed by atoms with Gasteiger partial charge in [-0.05, 0) is 30.7 Å². The Labute approximate surface area is 129 Å². The Bertz CT molecular complexity index is 616. The van der Waals surface area contributed by atoms with Crippen molar-refractivity contribution in [2.45, 2.75) is 19.8 Å². The maximum atomic E-state index is 12.2. The van der Waals surface area contributed by atoms with Gasteiger partial charge in [0.25, 0.3) is 5.91 Å². The van der Waals surface area contributed by atoms with Gasteiger partial charge in [-0.1, -0.05) is 37.1 Å². The highest BCUT2D eigenvalue weighted by Gasteiger charge is 2.10. The van der Waals surface area contributed by atoms with Crippen LogP contribution in [0.15, 0.2) is 42.6 Å². The highest BCUT2D eigenvalue weighted by atomic mass is 35.5. The van der Waals surface area contributed by atoms with Crippen molar-refractivity contribution in [2.24, 2.45) is 0 Å². The zero-order chi connectivity index (χ0) is 15.1. The number of nitrogens with one attached hydrogen (secondary N) is 2. The quantitative estimate of drug-likeness (QED) is 0.786. The van der Waals surface area contributed by atoms with Gasteiger partial charge in [-0.2, -0.15) is 0 Å². The Morgan fingerprint density at radius 1 is 1.29 bits per heavy atom. The summed E-state index contributed by atoms with van der Waals surface area (Å²) >= 11 is 6.02. The molecule has 0 spiro atoms. The molecule has 0 bridgehead atoms. The number of aromatic nitrogens is 1. The highest BCUT2D eigenvalue weighted by molar-refractivity contribution is 6.33. The molecule has 110 valence electrons. The number of amides is 1. The summed E-state index contributed by atoms with van der Waals surface area (Å²) in [6.45, 7) is 3.02. The van der Waals surface area contributed by atoms with Crippen LogP contribution in [0.1, 0.15) is 30.3 Å². The van der Waals surface area contributed by atoms with Crippen molar-refractivity contribution in [3.05, 3.63) is 53.3 Å². The van der Waals surface area contributed by atoms with Gasteiger partial charge in [0.15, 0.2) is 0 Å². The summed E-state index contributed by atoms with van der Waals surface area (Å²) in [7, 11) is 0. The summed E-state index contributed by atoms with van der Waals surface area (Å²) in [6, 6.07) is 10.7. The number of hydrogen-bond donors (Lipinski definition) is 2. The van der Waals surface area contributed by atoms with Crippen LogP contribution in [-0.2, 0) is 0 Å². The number of carbonyl (C=O) groups is 1. The smallest absolute Gasteiger partial charge is 0.274 e. The second-order valence-corrected chi connectivity index (χ2v) is 5.05. The molecular weight excluding hydrogens is 286 g/mol. The molecule has 0 saturated heterocycles. The van der Waals surface area contributed by atoms with Crippen molar-refractivity contribution in [3.63, 3.8) is 0 Å². The van der Waals surface area contributed by atoms with Gasteiger partial charge in [0.2, 0.25) is 0 Å². The van der Waals surface area contributed by atoms with Crippen molar-refractivity contribution < 1.29 is 4.79 Å². The average molecular weight is 304 g/mol. The molecule has 4 nitrogen and oxygen atoms in total. The van der Waals surface area contributed by atoms with E-state index < -0.39 is 0 Å². The first-order valence-electron chi connectivity index (χ1n) is 6.96. The lowest BCUT2D eigenvalue weighted by Gasteiger charge is -2.09. The molecule has 1 amide bonds. The Morgan fingerprint density at radius 3 is 2.86 bits per heavy atom. The predicted octanol–water partition coefficient (Wildman–Crippen LogP) is 4.20. The molecular formula is C16H18ClN3O. The van der Waals surface area contributed by atoms with Crippen LogP contribution in [0.3, 0.4) is 0 Å². The molecule has 0 aliphatic carbocycles. The maximum absolute atomic E-state index is 12.2. The van der Waals surface area contributed by atoms with Crippen LogP contribution in [-0.4, -0.2) is 17.4 Å². The lowest BCUT2D eigenvalue weighted by molar-refractivity contribution is 0.102. The molecule has 0 aliphatic heterocycles. The van der Waals surface area contributed by atoms with E-state index in [-0.39, 0.29) is 5.91 Å². The summed E-state index contributed by atoms with van der Waals surface area (Å²) in [5, 5.41) is 6.53. The van der Waals surface area contributed by atoms with Crippen LogP contribution in [0.4, 0.5) is 11.4 Å². The number of anilines is 2. The number of unbranched alkanes of at least 4 members (excludes halogenated alkanes) is 1. The van der Waals surface area contributed by atoms with E-state index in [4.69, 9.17) is 11.6 Å². The third kappa shape index (κ3) is 4.46. The second-order valence-electron chi connectivity index (χ2n) is 4.64. The number of hydrogen-bond acceptors (Lipinski definition) is 3. The Morgan fingerprint density at radius 2 is 2.10 bits per heavy atom. The zero-order valence-electron chi connectivity index (χ0n) is 11.9. The van der Waals surface area contributed by atoms with Crippen LogP contribution >= 0.6 is 11.6 Å². The van der Waals surface area contributed by atoms with Gasteiger partial charge in [-0.15, -0.1) is 0 Å². The van der Waals surface area contributed by atoms with Crippen molar-refractivity contribution in [3.8, 4) is 0 Å². The number of pyridine rings is 1. The molecule has 2 rings (SSSR count). The first-order chi connectivity index (χ1) is 10.2. The number of halogens is 1. The molecule has 1 aromatic heterocycles. The van der Waals surface area contributed by atoms with Gasteiger partial charge in [0, 0.05) is 18.4 Å². The Kier molecular flexibility index (Phi) is 5.58. The van der Waals surface area contributed by atoms with E-state index in [1.54, 1.807) is 24.4 Å². The van der Waals surface area contributed by atoms with E-state index in [2.05, 4.69) is 22.5 Å². The van der Waals surface area contributed by atoms with E-state index in [0.717, 1.165) is 25.1 Å². The van der Waals surface area contributed by atoms with E-state index in [1.165, 1.54) is 0 Å². The monoisotopic (exact) mass is 303 g/mol. The van der Waals surface area contributed by atoms with Gasteiger partial charge in [0.05, 0.1) is 10.7 Å². The molecule has 1 aromatic carbocycles. The number of benzene rings is 1. The van der Waals surface area contributed by atoms with Crippen LogP contribution in [0, 0.1) is 0 Å². The maximum Gasteiger partial charge on any atom is 0.274 e. The van der Waals surface area contributed by atoms with Gasteiger partial charge < -0.3 is 10.6 Å². The van der Waals surface area contributed by atoms with Crippen LogP contribution in [0.5, 0.6) is 0 Å². The van der Waals surface area contributed by atoms with Crippen LogP contribution in [0.2, 0.25) is 5.02 Å². The average Bonchev–Trinajstić information content (AvgIpc) is 2.50. The number of nitrogens with zero attached hydrogens (tertiary/aromatic N) is 1. The van der Waals surface area contributed by atoms with E-state index in [1.807, 2.05) is 18.2 Å². The third-order valence-electron chi connectivity index (χ3n) is 2.97. The second kappa shape index (κ2) is 7.64. The van der Waals surface area contributed by atoms with Gasteiger partial charge in [-0.3, -0.25) is 9.78 Å². The SMILES string of the molecule is CCCCNc1ccnc(C(=O)Nc2ccccc2Cl)c1. The molecule has 2 N–H and O–H groups in total. The molecule has 1 heterocycles. The fraction of sp³-hybridized carbons (Fsp3) is 0.250. The zero-order valence-corrected chi connectivity index (χ0v) is 12.7. The summed E-state index contributed by atoms with van der Waals surface area (Å²) in [5.41, 5.74) is 1.83. The topological polar surface area (TPSA) is 54.0 Å². The largest absolute Gasteiger partial charge is 0.385 e. The van der Waals surface area contributed by atoms with Crippen LogP contribution < -0.4 is 10.6 Å². The predicted molar refractivity (Wildman–Crippen MR) is 87.0 cm³/mol. The first-order valence-corrected chi connectivity index (χ1v) is 7.34. The standard InChI is InChI=1S/C16H18ClN3O/c1-2-3-9-18-12-8-10-19-15(11-12)16(21)20-14-7-5-4-6-13(14)17/h4-8,10-11H,2-3,9H2,1H3,(H,18,19)(H,20,21). The summed E-state index contributed by atoms with van der Waals surface area (Å²) < 4.78 is 0. The fourth-order valence-electron chi connectivity index (χ4n) is 1.82.